The molecule has 96 valence electrons. The van der Waals surface area contributed by atoms with Gasteiger partial charge in [0.1, 0.15) is 0 Å². The molecule has 0 N–H and O–H groups in total. The van der Waals surface area contributed by atoms with Crippen LogP contribution in [0.4, 0.5) is 0 Å². The summed E-state index contributed by atoms with van der Waals surface area (Å²) in [5.41, 5.74) is 2.02. The molecule has 19 heavy (non-hydrogen) atoms. The van der Waals surface area contributed by atoms with E-state index in [1.165, 1.54) is 0 Å². The lowest BCUT2D eigenvalue weighted by Crippen LogP contribution is -2.22. The molecule has 0 unspecified atom stereocenters. The molecule has 0 bridgehead atoms. The van der Waals surface area contributed by atoms with E-state index < -0.39 is 0 Å². The zero-order valence-corrected chi connectivity index (χ0v) is 12.5. The number of fused-ring (bicyclic) bond motifs is 1. The highest BCUT2D eigenvalue weighted by Crippen LogP contribution is 2.17. The van der Waals surface area contributed by atoms with E-state index in [1.54, 1.807) is 10.8 Å². The van der Waals surface area contributed by atoms with E-state index in [-0.39, 0.29) is 5.56 Å². The van der Waals surface area contributed by atoms with Gasteiger partial charge in [0.25, 0.3) is 5.56 Å². The van der Waals surface area contributed by atoms with Crippen molar-refractivity contribution in [3.05, 3.63) is 62.2 Å². The largest absolute Gasteiger partial charge is 0.309 e. The molecule has 1 aromatic carbocycles. The summed E-state index contributed by atoms with van der Waals surface area (Å²) in [5, 5.41) is 5.60. The molecule has 2 aromatic heterocycles. The van der Waals surface area contributed by atoms with Crippen molar-refractivity contribution in [1.82, 2.24) is 14.3 Å². The molecular weight excluding hydrogens is 353 g/mol. The van der Waals surface area contributed by atoms with Crippen LogP contribution in [0.2, 0.25) is 0 Å². The number of para-hydroxylation sites is 1. The second-order valence-corrected chi connectivity index (χ2v) is 5.54. The summed E-state index contributed by atoms with van der Waals surface area (Å²) in [4.78, 5) is 12.0. The van der Waals surface area contributed by atoms with E-state index in [0.717, 1.165) is 20.2 Å². The van der Waals surface area contributed by atoms with Crippen LogP contribution in [-0.4, -0.2) is 14.3 Å². The summed E-state index contributed by atoms with van der Waals surface area (Å²) in [5.74, 6) is 0. The molecule has 0 aliphatic carbocycles. The smallest absolute Gasteiger partial charge is 0.264 e. The number of nitrogens with zero attached hydrogens (tertiary/aromatic N) is 3. The third-order valence-electron chi connectivity index (χ3n) is 3.13. The molecule has 0 saturated heterocycles. The van der Waals surface area contributed by atoms with Crippen LogP contribution >= 0.6 is 22.6 Å². The number of halogens is 1. The Morgan fingerprint density at radius 3 is 2.84 bits per heavy atom. The first kappa shape index (κ1) is 12.4. The van der Waals surface area contributed by atoms with E-state index in [2.05, 4.69) is 27.7 Å². The van der Waals surface area contributed by atoms with Gasteiger partial charge in [-0.05, 0) is 40.8 Å². The maximum Gasteiger partial charge on any atom is 0.264 e. The number of benzene rings is 1. The molecule has 3 aromatic rings. The predicted molar refractivity (Wildman–Crippen MR) is 83.2 cm³/mol. The van der Waals surface area contributed by atoms with Gasteiger partial charge in [0.05, 0.1) is 21.3 Å². The fourth-order valence-electron chi connectivity index (χ4n) is 2.20. The Hall–Kier alpha value is -1.63. The van der Waals surface area contributed by atoms with E-state index in [1.807, 2.05) is 48.1 Å². The zero-order valence-electron chi connectivity index (χ0n) is 10.4. The first-order valence-corrected chi connectivity index (χ1v) is 7.00. The molecule has 0 aliphatic heterocycles. The van der Waals surface area contributed by atoms with Crippen LogP contribution in [-0.2, 0) is 13.6 Å². The average Bonchev–Trinajstić information content (AvgIpc) is 2.73. The molecule has 3 rings (SSSR count). The highest BCUT2D eigenvalue weighted by atomic mass is 127. The number of aromatic nitrogens is 3. The van der Waals surface area contributed by atoms with E-state index in [9.17, 15) is 4.79 Å². The Bertz CT molecular complexity index is 804. The minimum absolute atomic E-state index is 0.0258. The lowest BCUT2D eigenvalue weighted by molar-refractivity contribution is 0.699. The third-order valence-corrected chi connectivity index (χ3v) is 3.95. The molecule has 0 radical (unpaired) electrons. The summed E-state index contributed by atoms with van der Waals surface area (Å²) in [6.45, 7) is 0.497. The minimum Gasteiger partial charge on any atom is -0.309 e. The molecule has 0 atom stereocenters. The van der Waals surface area contributed by atoms with E-state index in [0.29, 0.717) is 6.54 Å². The summed E-state index contributed by atoms with van der Waals surface area (Å²) in [6.07, 6.45) is 1.80. The Labute approximate surface area is 123 Å². The van der Waals surface area contributed by atoms with Crippen molar-refractivity contribution in [3.8, 4) is 0 Å². The number of pyridine rings is 1. The maximum absolute atomic E-state index is 12.0. The Balaban J connectivity index is 2.11. The Morgan fingerprint density at radius 2 is 2.00 bits per heavy atom. The predicted octanol–water partition coefficient (Wildman–Crippen LogP) is 2.39. The number of hydrogen-bond donors (Lipinski definition) is 0. The van der Waals surface area contributed by atoms with Crippen LogP contribution < -0.4 is 5.56 Å². The van der Waals surface area contributed by atoms with Crippen molar-refractivity contribution < 1.29 is 0 Å². The van der Waals surface area contributed by atoms with Gasteiger partial charge in [-0.2, -0.15) is 5.10 Å². The van der Waals surface area contributed by atoms with Gasteiger partial charge in [0.2, 0.25) is 0 Å². The van der Waals surface area contributed by atoms with Gasteiger partial charge in [0.15, 0.2) is 0 Å². The zero-order chi connectivity index (χ0) is 13.4. The van der Waals surface area contributed by atoms with E-state index >= 15 is 0 Å². The molecule has 0 amide bonds. The topological polar surface area (TPSA) is 39.8 Å². The Morgan fingerprint density at radius 1 is 1.21 bits per heavy atom. The van der Waals surface area contributed by atoms with Crippen molar-refractivity contribution in [2.45, 2.75) is 6.54 Å². The van der Waals surface area contributed by atoms with Crippen LogP contribution in [0.15, 0.2) is 47.4 Å². The molecule has 0 fully saturated rings. The second kappa shape index (κ2) is 4.80. The Kier molecular flexibility index (Phi) is 3.14. The van der Waals surface area contributed by atoms with Crippen molar-refractivity contribution in [1.29, 1.82) is 0 Å². The van der Waals surface area contributed by atoms with Crippen LogP contribution in [0.1, 0.15) is 5.69 Å². The summed E-state index contributed by atoms with van der Waals surface area (Å²) in [6, 6.07) is 11.8. The lowest BCUT2D eigenvalue weighted by atomic mass is 10.2. The molecule has 5 heteroatoms. The standard InChI is InChI=1S/C14H12IN3O/c1-17-13-7-3-2-5-10(13)12(16-17)9-18-8-4-6-11(15)14(18)19/h2-8H,9H2,1H3. The summed E-state index contributed by atoms with van der Waals surface area (Å²) >= 11 is 2.06. The summed E-state index contributed by atoms with van der Waals surface area (Å²) in [7, 11) is 1.92. The highest BCUT2D eigenvalue weighted by Gasteiger charge is 2.09. The molecule has 0 aliphatic rings. The van der Waals surface area contributed by atoms with E-state index in [4.69, 9.17) is 0 Å². The maximum atomic E-state index is 12.0. The molecule has 0 spiro atoms. The monoisotopic (exact) mass is 365 g/mol. The second-order valence-electron chi connectivity index (χ2n) is 4.38. The van der Waals surface area contributed by atoms with Gasteiger partial charge in [-0.1, -0.05) is 18.2 Å². The molecule has 4 nitrogen and oxygen atoms in total. The quantitative estimate of drug-likeness (QED) is 0.655. The fraction of sp³-hybridized carbons (Fsp3) is 0.143. The van der Waals surface area contributed by atoms with Crippen molar-refractivity contribution in [2.75, 3.05) is 0 Å². The number of rotatable bonds is 2. The molecular formula is C14H12IN3O. The third kappa shape index (κ3) is 2.18. The first-order valence-electron chi connectivity index (χ1n) is 5.92. The number of hydrogen-bond acceptors (Lipinski definition) is 2. The fourth-order valence-corrected chi connectivity index (χ4v) is 2.72. The van der Waals surface area contributed by atoms with Gasteiger partial charge < -0.3 is 4.57 Å². The minimum atomic E-state index is 0.0258. The van der Waals surface area contributed by atoms with Crippen LogP contribution in [0.5, 0.6) is 0 Å². The van der Waals surface area contributed by atoms with Crippen molar-refractivity contribution in [3.63, 3.8) is 0 Å². The van der Waals surface area contributed by atoms with Gasteiger partial charge in [-0.15, -0.1) is 0 Å². The lowest BCUT2D eigenvalue weighted by Gasteiger charge is -2.03. The summed E-state index contributed by atoms with van der Waals surface area (Å²) < 4.78 is 4.26. The van der Waals surface area contributed by atoms with Crippen LogP contribution in [0, 0.1) is 3.57 Å². The van der Waals surface area contributed by atoms with Gasteiger partial charge in [-0.3, -0.25) is 9.48 Å². The average molecular weight is 365 g/mol. The van der Waals surface area contributed by atoms with Gasteiger partial charge >= 0.3 is 0 Å². The van der Waals surface area contributed by atoms with Gasteiger partial charge in [-0.25, -0.2) is 0 Å². The normalized spacial score (nSPS) is 11.1. The van der Waals surface area contributed by atoms with Crippen molar-refractivity contribution >= 4 is 33.5 Å². The molecule has 2 heterocycles. The number of aryl methyl sites for hydroxylation is 1. The van der Waals surface area contributed by atoms with Crippen LogP contribution in [0.3, 0.4) is 0 Å². The SMILES string of the molecule is Cn1nc(Cn2cccc(I)c2=O)c2ccccc21. The highest BCUT2D eigenvalue weighted by molar-refractivity contribution is 14.1. The van der Waals surface area contributed by atoms with Crippen molar-refractivity contribution in [2.24, 2.45) is 7.05 Å². The first-order chi connectivity index (χ1) is 9.16. The van der Waals surface area contributed by atoms with Crippen LogP contribution in [0.25, 0.3) is 10.9 Å². The molecule has 0 saturated carbocycles. The van der Waals surface area contributed by atoms with Gasteiger partial charge in [0, 0.05) is 18.6 Å².